The van der Waals surface area contributed by atoms with E-state index in [0.717, 1.165) is 24.8 Å². The van der Waals surface area contributed by atoms with Crippen molar-refractivity contribution in [3.8, 4) is 0 Å². The summed E-state index contributed by atoms with van der Waals surface area (Å²) in [6.07, 6.45) is 7.33. The monoisotopic (exact) mass is 161 g/mol. The summed E-state index contributed by atoms with van der Waals surface area (Å²) in [5, 5.41) is 0. The molecule has 0 bridgehead atoms. The minimum absolute atomic E-state index is 0.260. The minimum Gasteiger partial charge on any atom is -0.294 e. The van der Waals surface area contributed by atoms with Crippen LogP contribution >= 0.6 is 0 Å². The number of carbonyl (C=O) groups is 1. The fourth-order valence-corrected chi connectivity index (χ4v) is 1.63. The molecule has 1 heterocycles. The number of pyridine rings is 1. The van der Waals surface area contributed by atoms with Gasteiger partial charge >= 0.3 is 0 Å². The van der Waals surface area contributed by atoms with Gasteiger partial charge in [0, 0.05) is 24.4 Å². The molecule has 1 aliphatic carbocycles. The summed E-state index contributed by atoms with van der Waals surface area (Å²) in [7, 11) is 0. The molecule has 0 spiro atoms. The highest BCUT2D eigenvalue weighted by molar-refractivity contribution is 5.97. The van der Waals surface area contributed by atoms with Gasteiger partial charge in [-0.3, -0.25) is 9.78 Å². The molecule has 12 heavy (non-hydrogen) atoms. The molecular formula is C10H11NO. The van der Waals surface area contributed by atoms with Gasteiger partial charge in [0.2, 0.25) is 0 Å². The smallest absolute Gasteiger partial charge is 0.164 e. The van der Waals surface area contributed by atoms with Crippen molar-refractivity contribution in [1.29, 1.82) is 0 Å². The van der Waals surface area contributed by atoms with Crippen molar-refractivity contribution in [1.82, 2.24) is 4.98 Å². The van der Waals surface area contributed by atoms with E-state index >= 15 is 0 Å². The second-order valence-electron chi connectivity index (χ2n) is 3.16. The van der Waals surface area contributed by atoms with Crippen LogP contribution in [0.4, 0.5) is 0 Å². The van der Waals surface area contributed by atoms with Gasteiger partial charge in [0.15, 0.2) is 5.78 Å². The van der Waals surface area contributed by atoms with E-state index in [9.17, 15) is 4.79 Å². The van der Waals surface area contributed by atoms with Crippen molar-refractivity contribution in [2.24, 2.45) is 0 Å². The maximum absolute atomic E-state index is 11.5. The fourth-order valence-electron chi connectivity index (χ4n) is 1.63. The van der Waals surface area contributed by atoms with E-state index in [2.05, 4.69) is 4.98 Å². The number of hydrogen-bond donors (Lipinski definition) is 0. The predicted octanol–water partition coefficient (Wildman–Crippen LogP) is 1.99. The summed E-state index contributed by atoms with van der Waals surface area (Å²) in [6.45, 7) is 0. The largest absolute Gasteiger partial charge is 0.294 e. The molecule has 0 aromatic carbocycles. The van der Waals surface area contributed by atoms with Gasteiger partial charge in [-0.25, -0.2) is 0 Å². The third kappa shape index (κ3) is 1.24. The Bertz CT molecular complexity index is 306. The number of ketones is 1. The van der Waals surface area contributed by atoms with E-state index in [0.29, 0.717) is 6.42 Å². The fraction of sp³-hybridized carbons (Fsp3) is 0.400. The summed E-state index contributed by atoms with van der Waals surface area (Å²) < 4.78 is 0. The lowest BCUT2D eigenvalue weighted by molar-refractivity contribution is 0.0981. The Morgan fingerprint density at radius 2 is 2.08 bits per heavy atom. The zero-order valence-corrected chi connectivity index (χ0v) is 6.92. The number of aryl methyl sites for hydroxylation is 1. The normalized spacial score (nSPS) is 16.8. The highest BCUT2D eigenvalue weighted by atomic mass is 16.1. The molecule has 0 unspecified atom stereocenters. The molecule has 0 atom stereocenters. The van der Waals surface area contributed by atoms with Crippen LogP contribution in [0.5, 0.6) is 0 Å². The summed E-state index contributed by atoms with van der Waals surface area (Å²) in [6, 6.07) is 1.96. The average Bonchev–Trinajstić information content (AvgIpc) is 2.29. The number of hydrogen-bond acceptors (Lipinski definition) is 2. The van der Waals surface area contributed by atoms with Crippen LogP contribution in [-0.2, 0) is 6.42 Å². The lowest BCUT2D eigenvalue weighted by Crippen LogP contribution is -2.00. The molecule has 62 valence electrons. The highest BCUT2D eigenvalue weighted by Crippen LogP contribution is 2.18. The van der Waals surface area contributed by atoms with E-state index in [1.54, 1.807) is 12.4 Å². The van der Waals surface area contributed by atoms with Gasteiger partial charge in [-0.15, -0.1) is 0 Å². The Morgan fingerprint density at radius 1 is 1.25 bits per heavy atom. The molecule has 2 nitrogen and oxygen atoms in total. The van der Waals surface area contributed by atoms with Crippen LogP contribution in [0.3, 0.4) is 0 Å². The van der Waals surface area contributed by atoms with Gasteiger partial charge in [-0.1, -0.05) is 0 Å². The summed E-state index contributed by atoms with van der Waals surface area (Å²) in [5.74, 6) is 0.260. The summed E-state index contributed by atoms with van der Waals surface area (Å²) >= 11 is 0. The summed E-state index contributed by atoms with van der Waals surface area (Å²) in [5.41, 5.74) is 2.02. The molecule has 0 N–H and O–H groups in total. The van der Waals surface area contributed by atoms with Gasteiger partial charge in [-0.05, 0) is 30.9 Å². The quantitative estimate of drug-likeness (QED) is 0.545. The third-order valence-corrected chi connectivity index (χ3v) is 2.31. The van der Waals surface area contributed by atoms with Crippen molar-refractivity contribution < 1.29 is 4.79 Å². The van der Waals surface area contributed by atoms with E-state index in [1.165, 1.54) is 5.56 Å². The molecule has 0 fully saturated rings. The Labute approximate surface area is 71.6 Å². The predicted molar refractivity (Wildman–Crippen MR) is 46.1 cm³/mol. The topological polar surface area (TPSA) is 30.0 Å². The van der Waals surface area contributed by atoms with Crippen molar-refractivity contribution in [3.05, 3.63) is 29.6 Å². The lowest BCUT2D eigenvalue weighted by atomic mass is 10.1. The first-order valence-corrected chi connectivity index (χ1v) is 4.34. The maximum atomic E-state index is 11.5. The Hall–Kier alpha value is -1.18. The first-order valence-electron chi connectivity index (χ1n) is 4.34. The molecule has 0 radical (unpaired) electrons. The Morgan fingerprint density at radius 3 is 3.00 bits per heavy atom. The maximum Gasteiger partial charge on any atom is 0.164 e. The third-order valence-electron chi connectivity index (χ3n) is 2.31. The number of Topliss-reactive ketones (excluding diaryl/α,β-unsaturated/α-hetero) is 1. The highest BCUT2D eigenvalue weighted by Gasteiger charge is 2.14. The first kappa shape index (κ1) is 7.47. The number of nitrogens with zero attached hydrogens (tertiary/aromatic N) is 1. The lowest BCUT2D eigenvalue weighted by Gasteiger charge is -2.00. The molecule has 0 saturated heterocycles. The minimum atomic E-state index is 0.260. The van der Waals surface area contributed by atoms with Gasteiger partial charge in [-0.2, -0.15) is 0 Å². The number of rotatable bonds is 0. The van der Waals surface area contributed by atoms with Crippen molar-refractivity contribution in [2.45, 2.75) is 25.7 Å². The number of aromatic nitrogens is 1. The summed E-state index contributed by atoms with van der Waals surface area (Å²) in [4.78, 5) is 15.4. The molecule has 1 aromatic heterocycles. The van der Waals surface area contributed by atoms with E-state index < -0.39 is 0 Å². The first-order chi connectivity index (χ1) is 5.88. The van der Waals surface area contributed by atoms with Gasteiger partial charge < -0.3 is 0 Å². The van der Waals surface area contributed by atoms with E-state index in [4.69, 9.17) is 0 Å². The molecule has 0 saturated carbocycles. The molecule has 0 aliphatic heterocycles. The molecule has 2 rings (SSSR count). The van der Waals surface area contributed by atoms with E-state index in [1.807, 2.05) is 6.07 Å². The molecular weight excluding hydrogens is 150 g/mol. The van der Waals surface area contributed by atoms with Crippen molar-refractivity contribution in [3.63, 3.8) is 0 Å². The molecule has 1 aromatic rings. The van der Waals surface area contributed by atoms with Crippen LogP contribution in [-0.4, -0.2) is 10.8 Å². The van der Waals surface area contributed by atoms with Gasteiger partial charge in [0.1, 0.15) is 0 Å². The van der Waals surface area contributed by atoms with Crippen LogP contribution in [0.2, 0.25) is 0 Å². The molecule has 2 heteroatoms. The van der Waals surface area contributed by atoms with Crippen LogP contribution in [0.25, 0.3) is 0 Å². The van der Waals surface area contributed by atoms with E-state index in [-0.39, 0.29) is 5.78 Å². The second-order valence-corrected chi connectivity index (χ2v) is 3.16. The zero-order valence-electron chi connectivity index (χ0n) is 6.92. The number of carbonyl (C=O) groups excluding carboxylic acids is 1. The SMILES string of the molecule is O=C1CCCCc2ccncc21. The molecule has 1 aliphatic rings. The van der Waals surface area contributed by atoms with Gasteiger partial charge in [0.05, 0.1) is 0 Å². The van der Waals surface area contributed by atoms with Crippen LogP contribution in [0.15, 0.2) is 18.5 Å². The molecule has 0 amide bonds. The van der Waals surface area contributed by atoms with Crippen molar-refractivity contribution >= 4 is 5.78 Å². The Kier molecular flexibility index (Phi) is 1.90. The zero-order chi connectivity index (χ0) is 8.39. The number of fused-ring (bicyclic) bond motifs is 1. The standard InChI is InChI=1S/C10H11NO/c12-10-4-2-1-3-8-5-6-11-7-9(8)10/h5-7H,1-4H2. The van der Waals surface area contributed by atoms with Crippen LogP contribution in [0, 0.1) is 0 Å². The van der Waals surface area contributed by atoms with Crippen molar-refractivity contribution in [2.75, 3.05) is 0 Å². The van der Waals surface area contributed by atoms with Crippen LogP contribution in [0.1, 0.15) is 35.2 Å². The second kappa shape index (κ2) is 3.05. The van der Waals surface area contributed by atoms with Gasteiger partial charge in [0.25, 0.3) is 0 Å². The Balaban J connectivity index is 2.46. The van der Waals surface area contributed by atoms with Crippen LogP contribution < -0.4 is 0 Å². The average molecular weight is 161 g/mol.